The van der Waals surface area contributed by atoms with E-state index in [9.17, 15) is 4.79 Å². The Bertz CT molecular complexity index is 938. The Morgan fingerprint density at radius 2 is 1.82 bits per heavy atom. The first kappa shape index (κ1) is 19.7. The molecule has 0 aliphatic carbocycles. The smallest absolute Gasteiger partial charge is 0.271 e. The highest BCUT2D eigenvalue weighted by Gasteiger charge is 2.12. The Kier molecular flexibility index (Phi) is 6.49. The van der Waals surface area contributed by atoms with E-state index in [1.54, 1.807) is 19.6 Å². The van der Waals surface area contributed by atoms with Crippen LogP contribution in [0.5, 0.6) is 17.2 Å². The minimum atomic E-state index is -0.229. The van der Waals surface area contributed by atoms with Crippen molar-refractivity contribution >= 4 is 17.2 Å². The molecule has 3 aromatic rings. The van der Waals surface area contributed by atoms with E-state index in [0.29, 0.717) is 30.3 Å². The first-order chi connectivity index (χ1) is 13.6. The number of methoxy groups -OCH3 is 2. The molecule has 0 atom stereocenters. The van der Waals surface area contributed by atoms with Gasteiger partial charge < -0.3 is 19.5 Å². The summed E-state index contributed by atoms with van der Waals surface area (Å²) in [5.74, 6) is 1.82. The molecule has 0 saturated carbocycles. The van der Waals surface area contributed by atoms with Gasteiger partial charge in [0.1, 0.15) is 23.1 Å². The molecule has 28 heavy (non-hydrogen) atoms. The number of aryl methyl sites for hydroxylation is 1. The molecule has 0 spiro atoms. The molecule has 1 heterocycles. The summed E-state index contributed by atoms with van der Waals surface area (Å²) >= 11 is 1.40. The van der Waals surface area contributed by atoms with Gasteiger partial charge in [-0.3, -0.25) is 4.79 Å². The van der Waals surface area contributed by atoms with Crippen LogP contribution in [0.4, 0.5) is 0 Å². The van der Waals surface area contributed by atoms with Gasteiger partial charge in [-0.1, -0.05) is 23.8 Å². The van der Waals surface area contributed by atoms with Crippen molar-refractivity contribution in [3.8, 4) is 17.2 Å². The van der Waals surface area contributed by atoms with Gasteiger partial charge in [-0.2, -0.15) is 0 Å². The molecule has 0 radical (unpaired) electrons. The van der Waals surface area contributed by atoms with Crippen molar-refractivity contribution in [3.63, 3.8) is 0 Å². The molecule has 0 fully saturated rings. The van der Waals surface area contributed by atoms with Crippen molar-refractivity contribution in [3.05, 3.63) is 69.7 Å². The lowest BCUT2D eigenvalue weighted by molar-refractivity contribution is 0.0946. The van der Waals surface area contributed by atoms with Gasteiger partial charge in [0.25, 0.3) is 5.91 Å². The maximum Gasteiger partial charge on any atom is 0.271 e. The second kappa shape index (κ2) is 9.23. The quantitative estimate of drug-likeness (QED) is 0.622. The average Bonchev–Trinajstić information content (AvgIpc) is 3.20. The molecule has 3 rings (SSSR count). The Morgan fingerprint density at radius 3 is 2.54 bits per heavy atom. The number of amides is 1. The van der Waals surface area contributed by atoms with Gasteiger partial charge in [0.2, 0.25) is 0 Å². The van der Waals surface area contributed by atoms with Gasteiger partial charge in [-0.05, 0) is 36.8 Å². The van der Waals surface area contributed by atoms with E-state index in [4.69, 9.17) is 14.2 Å². The number of rotatable bonds is 8. The molecule has 1 N–H and O–H groups in total. The fraction of sp³-hybridized carbons (Fsp3) is 0.238. The third-order valence-corrected chi connectivity index (χ3v) is 4.89. The second-order valence-electron chi connectivity index (χ2n) is 6.10. The number of thiazole rings is 1. The molecule has 7 heteroatoms. The van der Waals surface area contributed by atoms with Crippen LogP contribution in [0.15, 0.2) is 47.8 Å². The number of hydrogen-bond acceptors (Lipinski definition) is 6. The first-order valence-electron chi connectivity index (χ1n) is 8.72. The predicted molar refractivity (Wildman–Crippen MR) is 108 cm³/mol. The van der Waals surface area contributed by atoms with Gasteiger partial charge in [0.05, 0.1) is 14.2 Å². The number of benzene rings is 2. The fourth-order valence-electron chi connectivity index (χ4n) is 2.52. The number of aromatic nitrogens is 1. The van der Waals surface area contributed by atoms with Crippen LogP contribution >= 0.6 is 11.3 Å². The van der Waals surface area contributed by atoms with Crippen molar-refractivity contribution in [2.75, 3.05) is 14.2 Å². The molecule has 146 valence electrons. The van der Waals surface area contributed by atoms with Crippen LogP contribution in [-0.4, -0.2) is 25.1 Å². The highest BCUT2D eigenvalue weighted by Crippen LogP contribution is 2.27. The summed E-state index contributed by atoms with van der Waals surface area (Å²) in [6.45, 7) is 2.72. The van der Waals surface area contributed by atoms with Crippen LogP contribution in [0.1, 0.15) is 26.6 Å². The molecule has 0 unspecified atom stereocenters. The molecule has 2 aromatic carbocycles. The minimum Gasteiger partial charge on any atom is -0.493 e. The number of carbonyl (C=O) groups is 1. The third-order valence-electron chi connectivity index (χ3n) is 4.07. The van der Waals surface area contributed by atoms with E-state index in [1.165, 1.54) is 16.9 Å². The summed E-state index contributed by atoms with van der Waals surface area (Å²) in [7, 11) is 3.16. The molecule has 0 bridgehead atoms. The molecule has 6 nitrogen and oxygen atoms in total. The minimum absolute atomic E-state index is 0.229. The van der Waals surface area contributed by atoms with E-state index in [2.05, 4.69) is 10.3 Å². The number of hydrogen-bond donors (Lipinski definition) is 1. The van der Waals surface area contributed by atoms with Gasteiger partial charge in [-0.25, -0.2) is 4.98 Å². The highest BCUT2D eigenvalue weighted by atomic mass is 32.1. The normalized spacial score (nSPS) is 10.4. The topological polar surface area (TPSA) is 69.7 Å². The largest absolute Gasteiger partial charge is 0.493 e. The van der Waals surface area contributed by atoms with Crippen molar-refractivity contribution < 1.29 is 19.0 Å². The van der Waals surface area contributed by atoms with E-state index in [-0.39, 0.29) is 5.91 Å². The molecule has 1 aromatic heterocycles. The van der Waals surface area contributed by atoms with Gasteiger partial charge in [-0.15, -0.1) is 11.3 Å². The van der Waals surface area contributed by atoms with E-state index in [0.717, 1.165) is 16.3 Å². The molecule has 0 aliphatic rings. The van der Waals surface area contributed by atoms with Gasteiger partial charge >= 0.3 is 0 Å². The van der Waals surface area contributed by atoms with Crippen LogP contribution < -0.4 is 19.5 Å². The first-order valence-corrected chi connectivity index (χ1v) is 9.60. The summed E-state index contributed by atoms with van der Waals surface area (Å²) in [5, 5.41) is 5.35. The van der Waals surface area contributed by atoms with Crippen LogP contribution in [0, 0.1) is 6.92 Å². The van der Waals surface area contributed by atoms with Gasteiger partial charge in [0, 0.05) is 11.9 Å². The zero-order chi connectivity index (χ0) is 19.9. The Balaban J connectivity index is 1.54. The maximum atomic E-state index is 12.4. The van der Waals surface area contributed by atoms with Crippen molar-refractivity contribution in [1.82, 2.24) is 10.3 Å². The molecule has 0 aliphatic heterocycles. The Labute approximate surface area is 168 Å². The lowest BCUT2D eigenvalue weighted by Crippen LogP contribution is -2.23. The molecule has 0 saturated heterocycles. The summed E-state index contributed by atoms with van der Waals surface area (Å²) in [4.78, 5) is 16.7. The van der Waals surface area contributed by atoms with Crippen molar-refractivity contribution in [1.29, 1.82) is 0 Å². The number of ether oxygens (including phenoxy) is 3. The van der Waals surface area contributed by atoms with E-state index >= 15 is 0 Å². The van der Waals surface area contributed by atoms with Crippen LogP contribution in [0.3, 0.4) is 0 Å². The van der Waals surface area contributed by atoms with Crippen molar-refractivity contribution in [2.45, 2.75) is 20.1 Å². The van der Waals surface area contributed by atoms with Crippen molar-refractivity contribution in [2.24, 2.45) is 0 Å². The zero-order valence-electron chi connectivity index (χ0n) is 16.0. The van der Waals surface area contributed by atoms with Gasteiger partial charge in [0.15, 0.2) is 11.5 Å². The second-order valence-corrected chi connectivity index (χ2v) is 7.04. The zero-order valence-corrected chi connectivity index (χ0v) is 16.8. The van der Waals surface area contributed by atoms with Crippen LogP contribution in [0.2, 0.25) is 0 Å². The predicted octanol–water partition coefficient (Wildman–Crippen LogP) is 3.98. The fourth-order valence-corrected chi connectivity index (χ4v) is 3.21. The molecular weight excluding hydrogens is 376 g/mol. The number of nitrogens with one attached hydrogen (secondary N) is 1. The van der Waals surface area contributed by atoms with E-state index in [1.807, 2.05) is 49.4 Å². The standard InChI is InChI=1S/C21H22N2O4S/c1-14-4-7-16(8-5-14)27-12-20-23-17(13-28-20)21(24)22-11-15-6-9-18(25-2)19(10-15)26-3/h4-10,13H,11-12H2,1-3H3,(H,22,24). The summed E-state index contributed by atoms with van der Waals surface area (Å²) in [5.41, 5.74) is 2.46. The molecular formula is C21H22N2O4S. The number of carbonyl (C=O) groups excluding carboxylic acids is 1. The third kappa shape index (κ3) is 5.01. The highest BCUT2D eigenvalue weighted by molar-refractivity contribution is 7.09. The monoisotopic (exact) mass is 398 g/mol. The summed E-state index contributed by atoms with van der Waals surface area (Å²) in [6, 6.07) is 13.3. The lowest BCUT2D eigenvalue weighted by atomic mass is 10.2. The maximum absolute atomic E-state index is 12.4. The van der Waals surface area contributed by atoms with Crippen LogP contribution in [0.25, 0.3) is 0 Å². The lowest BCUT2D eigenvalue weighted by Gasteiger charge is -2.10. The Hall–Kier alpha value is -3.06. The SMILES string of the molecule is COc1ccc(CNC(=O)c2csc(COc3ccc(C)cc3)n2)cc1OC. The number of nitrogens with zero attached hydrogens (tertiary/aromatic N) is 1. The summed E-state index contributed by atoms with van der Waals surface area (Å²) in [6.07, 6.45) is 0. The molecule has 1 amide bonds. The van der Waals surface area contributed by atoms with E-state index < -0.39 is 0 Å². The summed E-state index contributed by atoms with van der Waals surface area (Å²) < 4.78 is 16.2. The average molecular weight is 398 g/mol. The Morgan fingerprint density at radius 1 is 1.07 bits per heavy atom. The van der Waals surface area contributed by atoms with Crippen LogP contribution in [-0.2, 0) is 13.2 Å².